The molecule has 61 heavy (non-hydrogen) atoms. The number of amides is 1. The lowest BCUT2D eigenvalue weighted by molar-refractivity contribution is -0.175. The number of esters is 1. The molecule has 7 rings (SSSR count). The van der Waals surface area contributed by atoms with Crippen molar-refractivity contribution in [2.45, 2.75) is 94.7 Å². The van der Waals surface area contributed by atoms with Gasteiger partial charge in [-0.3, -0.25) is 4.79 Å². The van der Waals surface area contributed by atoms with Crippen molar-refractivity contribution in [3.05, 3.63) is 142 Å². The van der Waals surface area contributed by atoms with E-state index in [4.69, 9.17) is 14.3 Å². The Bertz CT molecular complexity index is 2300. The van der Waals surface area contributed by atoms with E-state index in [0.29, 0.717) is 11.8 Å². The number of fused-ring (bicyclic) bond motifs is 1. The molecule has 0 spiro atoms. The number of aromatic nitrogens is 3. The van der Waals surface area contributed by atoms with Crippen molar-refractivity contribution in [1.82, 2.24) is 14.8 Å². The third-order valence-corrected chi connectivity index (χ3v) is 16.4. The Labute approximate surface area is 351 Å². The van der Waals surface area contributed by atoms with Crippen LogP contribution in [-0.4, -0.2) is 60.3 Å². The molecule has 0 bridgehead atoms. The van der Waals surface area contributed by atoms with E-state index >= 15 is 13.2 Å². The van der Waals surface area contributed by atoms with Crippen LogP contribution in [-0.2, 0) is 26.7 Å². The number of halogens is 6. The Morgan fingerprint density at radius 2 is 1.43 bits per heavy atom. The molecule has 2 atom stereocenters. The molecular formula is C45H47F6N5O4Si. The molecule has 2 unspecified atom stereocenters. The highest BCUT2D eigenvalue weighted by Crippen LogP contribution is 2.52. The van der Waals surface area contributed by atoms with Gasteiger partial charge in [0.1, 0.15) is 36.3 Å². The summed E-state index contributed by atoms with van der Waals surface area (Å²) >= 11 is 0. The number of rotatable bonds is 10. The van der Waals surface area contributed by atoms with Gasteiger partial charge in [0.25, 0.3) is 5.91 Å². The van der Waals surface area contributed by atoms with E-state index in [0.717, 1.165) is 17.2 Å². The summed E-state index contributed by atoms with van der Waals surface area (Å²) in [6, 6.07) is 27.2. The molecule has 2 aromatic heterocycles. The normalized spacial score (nSPS) is 17.9. The standard InChI is InChI=1S/C45H47F6N5O4Si/c1-43(2,3)61(4,5)60-39-36(45(49,50)51)35-37(54-56(40(35)53-41(39)57)38(30-17-11-7-12-18-30)31-19-13-8-14-20-31)29-21-23-55(24-22-29)34-25-32(33(26-52-34)44(46,47)48)42(58)59-27-28-15-9-6-10-16-28/h6-20,25-26,29,36,38-39H,21-24,27H2,1-5H3,(H,53,57). The van der Waals surface area contributed by atoms with Crippen LogP contribution in [0.5, 0.6) is 0 Å². The van der Waals surface area contributed by atoms with Gasteiger partial charge in [-0.2, -0.15) is 31.4 Å². The third kappa shape index (κ3) is 9.10. The Morgan fingerprint density at radius 1 is 0.869 bits per heavy atom. The summed E-state index contributed by atoms with van der Waals surface area (Å²) in [6.07, 6.45) is -10.6. The van der Waals surface area contributed by atoms with Gasteiger partial charge in [-0.1, -0.05) is 112 Å². The fourth-order valence-corrected chi connectivity index (χ4v) is 9.00. The zero-order chi connectivity index (χ0) is 43.9. The number of benzene rings is 3. The molecule has 322 valence electrons. The summed E-state index contributed by atoms with van der Waals surface area (Å²) < 4.78 is 103. The number of carbonyl (C=O) groups is 2. The topological polar surface area (TPSA) is 98.6 Å². The van der Waals surface area contributed by atoms with Crippen molar-refractivity contribution < 1.29 is 45.1 Å². The minimum absolute atomic E-state index is 0.0689. The first kappa shape index (κ1) is 43.6. The first-order chi connectivity index (χ1) is 28.7. The van der Waals surface area contributed by atoms with Crippen molar-refractivity contribution in [2.75, 3.05) is 23.3 Å². The van der Waals surface area contributed by atoms with Crippen LogP contribution < -0.4 is 10.2 Å². The van der Waals surface area contributed by atoms with Crippen LogP contribution in [0.2, 0.25) is 18.1 Å². The molecule has 4 heterocycles. The van der Waals surface area contributed by atoms with Crippen LogP contribution in [0, 0.1) is 0 Å². The van der Waals surface area contributed by atoms with E-state index in [9.17, 15) is 22.8 Å². The number of carbonyl (C=O) groups excluding carboxylic acids is 2. The molecule has 2 aliphatic heterocycles. The molecule has 16 heteroatoms. The monoisotopic (exact) mass is 863 g/mol. The number of nitrogens with zero attached hydrogens (tertiary/aromatic N) is 4. The van der Waals surface area contributed by atoms with Crippen molar-refractivity contribution in [2.24, 2.45) is 0 Å². The van der Waals surface area contributed by atoms with E-state index in [1.54, 1.807) is 48.3 Å². The minimum Gasteiger partial charge on any atom is -0.457 e. The van der Waals surface area contributed by atoms with E-state index in [1.807, 2.05) is 81.4 Å². The van der Waals surface area contributed by atoms with Gasteiger partial charge in [0.2, 0.25) is 0 Å². The Hall–Kier alpha value is -5.48. The highest BCUT2D eigenvalue weighted by atomic mass is 28.4. The van der Waals surface area contributed by atoms with Crippen molar-refractivity contribution in [3.8, 4) is 0 Å². The lowest BCUT2D eigenvalue weighted by atomic mass is 9.82. The van der Waals surface area contributed by atoms with Gasteiger partial charge in [0.05, 0.1) is 16.8 Å². The Balaban J connectivity index is 1.28. The van der Waals surface area contributed by atoms with Gasteiger partial charge in [-0.05, 0) is 53.7 Å². The number of hydrogen-bond donors (Lipinski definition) is 1. The predicted molar refractivity (Wildman–Crippen MR) is 221 cm³/mol. The van der Waals surface area contributed by atoms with Crippen molar-refractivity contribution >= 4 is 31.8 Å². The predicted octanol–water partition coefficient (Wildman–Crippen LogP) is 10.7. The average molecular weight is 864 g/mol. The zero-order valence-corrected chi connectivity index (χ0v) is 35.3. The zero-order valence-electron chi connectivity index (χ0n) is 34.3. The molecule has 0 radical (unpaired) electrons. The molecule has 1 N–H and O–H groups in total. The largest absolute Gasteiger partial charge is 0.457 e. The minimum atomic E-state index is -4.92. The number of alkyl halides is 6. The summed E-state index contributed by atoms with van der Waals surface area (Å²) in [4.78, 5) is 33.0. The molecule has 1 fully saturated rings. The maximum absolute atomic E-state index is 15.8. The molecule has 1 saturated heterocycles. The van der Waals surface area contributed by atoms with Gasteiger partial charge >= 0.3 is 18.3 Å². The Kier molecular flexibility index (Phi) is 12.0. The van der Waals surface area contributed by atoms with Gasteiger partial charge in [-0.25, -0.2) is 14.5 Å². The SMILES string of the molecule is CC(C)(C)[Si](C)(C)OC1C(=O)Nc2c(c(C3CCN(c4cc(C(=O)OCc5ccccc5)c(C(F)(F)F)cn4)CC3)nn2C(c2ccccc2)c2ccccc2)C1C(F)(F)F. The summed E-state index contributed by atoms with van der Waals surface area (Å²) in [5.74, 6) is -4.98. The number of piperidine rings is 1. The van der Waals surface area contributed by atoms with Crippen LogP contribution in [0.4, 0.5) is 38.0 Å². The fraction of sp³-hybridized carbons (Fsp3) is 0.378. The first-order valence-electron chi connectivity index (χ1n) is 20.1. The summed E-state index contributed by atoms with van der Waals surface area (Å²) in [6.45, 7) is 9.34. The van der Waals surface area contributed by atoms with Crippen molar-refractivity contribution in [3.63, 3.8) is 0 Å². The maximum Gasteiger partial charge on any atom is 0.418 e. The lowest BCUT2D eigenvalue weighted by Gasteiger charge is -2.43. The number of nitrogens with one attached hydrogen (secondary N) is 1. The quantitative estimate of drug-likeness (QED) is 0.0848. The van der Waals surface area contributed by atoms with Crippen LogP contribution >= 0.6 is 0 Å². The van der Waals surface area contributed by atoms with Crippen molar-refractivity contribution in [1.29, 1.82) is 0 Å². The summed E-state index contributed by atoms with van der Waals surface area (Å²) in [5, 5.41) is 7.32. The van der Waals surface area contributed by atoms with Crippen LogP contribution in [0.3, 0.4) is 0 Å². The number of ether oxygens (including phenoxy) is 1. The maximum atomic E-state index is 15.8. The molecule has 9 nitrogen and oxygen atoms in total. The van der Waals surface area contributed by atoms with Gasteiger partial charge < -0.3 is 19.4 Å². The summed E-state index contributed by atoms with van der Waals surface area (Å²) in [5.41, 5.74) is 0.0868. The molecule has 1 amide bonds. The van der Waals surface area contributed by atoms with Crippen LogP contribution in [0.1, 0.15) is 95.4 Å². The number of hydrogen-bond acceptors (Lipinski definition) is 7. The first-order valence-corrected chi connectivity index (χ1v) is 23.0. The highest BCUT2D eigenvalue weighted by molar-refractivity contribution is 6.74. The molecule has 2 aliphatic rings. The smallest absolute Gasteiger partial charge is 0.418 e. The third-order valence-electron chi connectivity index (χ3n) is 12.0. The van der Waals surface area contributed by atoms with Gasteiger partial charge in [0.15, 0.2) is 8.32 Å². The van der Waals surface area contributed by atoms with E-state index in [2.05, 4.69) is 10.3 Å². The average Bonchev–Trinajstić information content (AvgIpc) is 3.57. The second-order valence-electron chi connectivity index (χ2n) is 17.0. The second kappa shape index (κ2) is 16.8. The second-order valence-corrected chi connectivity index (χ2v) is 21.8. The highest BCUT2D eigenvalue weighted by Gasteiger charge is 2.58. The van der Waals surface area contributed by atoms with E-state index < -0.39 is 72.7 Å². The lowest BCUT2D eigenvalue weighted by Crippen LogP contribution is -2.53. The molecule has 3 aromatic carbocycles. The van der Waals surface area contributed by atoms with Gasteiger partial charge in [-0.15, -0.1) is 0 Å². The molecule has 0 aliphatic carbocycles. The molecule has 0 saturated carbocycles. The molecule has 5 aromatic rings. The van der Waals surface area contributed by atoms with Crippen LogP contribution in [0.25, 0.3) is 0 Å². The number of anilines is 2. The van der Waals surface area contributed by atoms with E-state index in [1.165, 1.54) is 4.68 Å². The van der Waals surface area contributed by atoms with Gasteiger partial charge in [0, 0.05) is 30.8 Å². The fourth-order valence-electron chi connectivity index (χ4n) is 7.77. The Morgan fingerprint density at radius 3 is 1.95 bits per heavy atom. The molecular weight excluding hydrogens is 817 g/mol. The number of pyridine rings is 1. The van der Waals surface area contributed by atoms with E-state index in [-0.39, 0.29) is 55.4 Å². The van der Waals surface area contributed by atoms with Crippen LogP contribution in [0.15, 0.2) is 103 Å². The summed E-state index contributed by atoms with van der Waals surface area (Å²) in [7, 11) is -2.96.